The number of hydrogen-bond donors (Lipinski definition) is 2. The van der Waals surface area contributed by atoms with Gasteiger partial charge < -0.3 is 10.2 Å². The van der Waals surface area contributed by atoms with Crippen molar-refractivity contribution in [3.8, 4) is 0 Å². The molecular weight excluding hydrogens is 312 g/mol. The van der Waals surface area contributed by atoms with E-state index >= 15 is 0 Å². The first kappa shape index (κ1) is 17.6. The summed E-state index contributed by atoms with van der Waals surface area (Å²) < 4.78 is 0. The molecule has 0 aromatic heterocycles. The lowest BCUT2D eigenvalue weighted by molar-refractivity contribution is -0.131. The van der Waals surface area contributed by atoms with E-state index < -0.39 is 5.97 Å². The molecule has 0 aromatic carbocycles. The van der Waals surface area contributed by atoms with Gasteiger partial charge in [0.25, 0.3) is 0 Å². The van der Waals surface area contributed by atoms with Crippen molar-refractivity contribution in [2.24, 2.45) is 40.4 Å². The van der Waals surface area contributed by atoms with Gasteiger partial charge in [-0.2, -0.15) is 0 Å². The largest absolute Gasteiger partial charge is 0.478 e. The van der Waals surface area contributed by atoms with Crippen LogP contribution in [0.3, 0.4) is 0 Å². The van der Waals surface area contributed by atoms with Gasteiger partial charge in [-0.05, 0) is 98.2 Å². The first-order valence-corrected chi connectivity index (χ1v) is 10.4. The number of rotatable bonds is 2. The van der Waals surface area contributed by atoms with Gasteiger partial charge in [-0.25, -0.2) is 4.79 Å². The average molecular weight is 347 g/mol. The Kier molecular flexibility index (Phi) is 4.30. The minimum atomic E-state index is -0.811. The summed E-state index contributed by atoms with van der Waals surface area (Å²) in [5.41, 5.74) is 0.725. The van der Waals surface area contributed by atoms with Crippen molar-refractivity contribution in [1.29, 1.82) is 0 Å². The molecule has 0 heterocycles. The van der Waals surface area contributed by atoms with Crippen molar-refractivity contribution >= 4 is 5.97 Å². The van der Waals surface area contributed by atoms with Crippen LogP contribution in [0.2, 0.25) is 0 Å². The molecule has 8 atom stereocenters. The van der Waals surface area contributed by atoms with Crippen LogP contribution in [0.1, 0.15) is 71.6 Å². The maximum absolute atomic E-state index is 11.0. The number of carboxylic acids is 1. The summed E-state index contributed by atoms with van der Waals surface area (Å²) >= 11 is 0. The molecule has 4 saturated carbocycles. The number of aliphatic hydroxyl groups is 1. The Balaban J connectivity index is 1.57. The van der Waals surface area contributed by atoms with E-state index in [4.69, 9.17) is 5.11 Å². The maximum atomic E-state index is 11.0. The highest BCUT2D eigenvalue weighted by Gasteiger charge is 2.59. The van der Waals surface area contributed by atoms with E-state index in [1.54, 1.807) is 0 Å². The fourth-order valence-corrected chi connectivity index (χ4v) is 7.79. The molecule has 4 rings (SSSR count). The fourth-order valence-electron chi connectivity index (χ4n) is 7.79. The molecule has 3 heteroatoms. The lowest BCUT2D eigenvalue weighted by Gasteiger charge is -2.60. The van der Waals surface area contributed by atoms with E-state index in [1.807, 2.05) is 6.08 Å². The number of hydrogen-bond acceptors (Lipinski definition) is 2. The zero-order chi connectivity index (χ0) is 17.8. The molecule has 0 radical (unpaired) electrons. The standard InChI is InChI=1S/C22H34O3/c1-21-12-10-19-17(18(21)7-4-14(21)5-8-20(24)25)6-3-15-13-16(23)9-11-22(15,19)2/h5,8,14-19,23H,3-4,6-7,9-13H2,1-2H3,(H,24,25)/b8-5+/t14-,15-,16+,17+,18+,19+,21-,22+/m1/s1. The second-order valence-electron chi connectivity index (χ2n) is 10.0. The summed E-state index contributed by atoms with van der Waals surface area (Å²) in [5, 5.41) is 19.2. The molecule has 0 amide bonds. The van der Waals surface area contributed by atoms with Gasteiger partial charge in [0.2, 0.25) is 0 Å². The van der Waals surface area contributed by atoms with Crippen molar-refractivity contribution in [3.63, 3.8) is 0 Å². The highest BCUT2D eigenvalue weighted by molar-refractivity contribution is 5.79. The lowest BCUT2D eigenvalue weighted by Crippen LogP contribution is -2.53. The fraction of sp³-hybridized carbons (Fsp3) is 0.864. The number of carboxylic acid groups (broad SMARTS) is 1. The Labute approximate surface area is 151 Å². The molecule has 4 aliphatic rings. The zero-order valence-corrected chi connectivity index (χ0v) is 15.8. The Morgan fingerprint density at radius 2 is 1.68 bits per heavy atom. The van der Waals surface area contributed by atoms with E-state index in [0.717, 1.165) is 37.0 Å². The minimum absolute atomic E-state index is 0.0690. The monoisotopic (exact) mass is 346 g/mol. The van der Waals surface area contributed by atoms with Gasteiger partial charge in [0, 0.05) is 6.08 Å². The van der Waals surface area contributed by atoms with Gasteiger partial charge >= 0.3 is 5.97 Å². The lowest BCUT2D eigenvalue weighted by atomic mass is 9.44. The van der Waals surface area contributed by atoms with Crippen LogP contribution in [0, 0.1) is 40.4 Å². The molecule has 25 heavy (non-hydrogen) atoms. The van der Waals surface area contributed by atoms with Crippen LogP contribution >= 0.6 is 0 Å². The third-order valence-electron chi connectivity index (χ3n) is 9.18. The Hall–Kier alpha value is -0.830. The Morgan fingerprint density at radius 3 is 2.44 bits per heavy atom. The molecule has 0 aromatic rings. The summed E-state index contributed by atoms with van der Waals surface area (Å²) in [6.07, 6.45) is 14.1. The normalized spacial score (nSPS) is 52.4. The summed E-state index contributed by atoms with van der Waals surface area (Å²) in [7, 11) is 0. The van der Waals surface area contributed by atoms with Gasteiger partial charge in [0.1, 0.15) is 0 Å². The van der Waals surface area contributed by atoms with Crippen molar-refractivity contribution < 1.29 is 15.0 Å². The molecule has 0 aliphatic heterocycles. The van der Waals surface area contributed by atoms with Gasteiger partial charge in [-0.1, -0.05) is 19.9 Å². The van der Waals surface area contributed by atoms with E-state index in [0.29, 0.717) is 22.7 Å². The highest BCUT2D eigenvalue weighted by atomic mass is 16.4. The predicted octanol–water partition coefficient (Wildman–Crippen LogP) is 4.65. The SMILES string of the molecule is C[C@]12CC[C@H](O)C[C@H]1CC[C@@H]1[C@@H]2CC[C@]2(C)[C@@H](/C=C/C(=O)O)CC[C@@H]12. The van der Waals surface area contributed by atoms with Crippen LogP contribution in [0.15, 0.2) is 12.2 Å². The van der Waals surface area contributed by atoms with Crippen LogP contribution in [-0.4, -0.2) is 22.3 Å². The molecule has 4 aliphatic carbocycles. The smallest absolute Gasteiger partial charge is 0.327 e. The summed E-state index contributed by atoms with van der Waals surface area (Å²) in [5.74, 6) is 2.74. The third-order valence-corrected chi connectivity index (χ3v) is 9.18. The van der Waals surface area contributed by atoms with Crippen LogP contribution in [0.25, 0.3) is 0 Å². The van der Waals surface area contributed by atoms with Gasteiger partial charge in [0.15, 0.2) is 0 Å². The van der Waals surface area contributed by atoms with E-state index in [-0.39, 0.29) is 6.10 Å². The van der Waals surface area contributed by atoms with Gasteiger partial charge in [-0.15, -0.1) is 0 Å². The Morgan fingerprint density at radius 1 is 0.960 bits per heavy atom. The number of aliphatic hydroxyl groups excluding tert-OH is 1. The van der Waals surface area contributed by atoms with E-state index in [1.165, 1.54) is 44.6 Å². The van der Waals surface area contributed by atoms with Crippen LogP contribution < -0.4 is 0 Å². The molecule has 4 fully saturated rings. The van der Waals surface area contributed by atoms with Gasteiger partial charge in [0.05, 0.1) is 6.10 Å². The molecule has 0 saturated heterocycles. The molecule has 140 valence electrons. The van der Waals surface area contributed by atoms with Crippen molar-refractivity contribution in [2.45, 2.75) is 77.7 Å². The van der Waals surface area contributed by atoms with Crippen LogP contribution in [0.4, 0.5) is 0 Å². The quantitative estimate of drug-likeness (QED) is 0.716. The number of aliphatic carboxylic acids is 1. The zero-order valence-electron chi connectivity index (χ0n) is 15.8. The Bertz CT molecular complexity index is 570. The molecule has 0 spiro atoms. The third kappa shape index (κ3) is 2.69. The highest BCUT2D eigenvalue weighted by Crippen LogP contribution is 2.67. The van der Waals surface area contributed by atoms with E-state index in [2.05, 4.69) is 13.8 Å². The topological polar surface area (TPSA) is 57.5 Å². The predicted molar refractivity (Wildman–Crippen MR) is 98.0 cm³/mol. The van der Waals surface area contributed by atoms with Crippen molar-refractivity contribution in [3.05, 3.63) is 12.2 Å². The number of carbonyl (C=O) groups is 1. The number of allylic oxidation sites excluding steroid dienone is 1. The average Bonchev–Trinajstić information content (AvgIpc) is 2.90. The molecule has 0 bridgehead atoms. The van der Waals surface area contributed by atoms with Crippen LogP contribution in [0.5, 0.6) is 0 Å². The van der Waals surface area contributed by atoms with Crippen molar-refractivity contribution in [2.75, 3.05) is 0 Å². The summed E-state index contributed by atoms with van der Waals surface area (Å²) in [6, 6.07) is 0. The first-order valence-electron chi connectivity index (χ1n) is 10.4. The van der Waals surface area contributed by atoms with E-state index in [9.17, 15) is 9.90 Å². The van der Waals surface area contributed by atoms with Crippen LogP contribution in [-0.2, 0) is 4.79 Å². The molecule has 0 unspecified atom stereocenters. The second kappa shape index (κ2) is 6.11. The summed E-state index contributed by atoms with van der Waals surface area (Å²) in [6.45, 7) is 4.97. The number of fused-ring (bicyclic) bond motifs is 5. The molecule has 3 nitrogen and oxygen atoms in total. The minimum Gasteiger partial charge on any atom is -0.478 e. The van der Waals surface area contributed by atoms with Gasteiger partial charge in [-0.3, -0.25) is 0 Å². The first-order chi connectivity index (χ1) is 11.8. The summed E-state index contributed by atoms with van der Waals surface area (Å²) in [4.78, 5) is 11.0. The molecule has 2 N–H and O–H groups in total. The maximum Gasteiger partial charge on any atom is 0.327 e. The van der Waals surface area contributed by atoms with Crippen molar-refractivity contribution in [1.82, 2.24) is 0 Å². The second-order valence-corrected chi connectivity index (χ2v) is 10.0. The molecular formula is C22H34O3.